The number of hydrogen-bond donors (Lipinski definition) is 0. The Morgan fingerprint density at radius 1 is 1.00 bits per heavy atom. The molecule has 2 rings (SSSR count). The molecule has 0 fully saturated rings. The van der Waals surface area contributed by atoms with Crippen LogP contribution in [0.5, 0.6) is 0 Å². The zero-order valence-corrected chi connectivity index (χ0v) is 12.4. The van der Waals surface area contributed by atoms with Gasteiger partial charge < -0.3 is 0 Å². The number of aryl methyl sites for hydroxylation is 1. The van der Waals surface area contributed by atoms with Crippen molar-refractivity contribution in [2.75, 3.05) is 0 Å². The van der Waals surface area contributed by atoms with Crippen LogP contribution in [0.4, 0.5) is 0 Å². The summed E-state index contributed by atoms with van der Waals surface area (Å²) < 4.78 is 2.68. The second-order valence-electron chi connectivity index (χ2n) is 5.69. The van der Waals surface area contributed by atoms with Gasteiger partial charge in [0.05, 0.1) is 19.0 Å². The molecule has 0 amide bonds. The fraction of sp³-hybridized carbons (Fsp3) is 0.385. The van der Waals surface area contributed by atoms with E-state index in [9.17, 15) is 9.59 Å². The van der Waals surface area contributed by atoms with E-state index in [0.717, 1.165) is 4.57 Å². The average molecular weight is 262 g/mol. The Bertz CT molecular complexity index is 735. The van der Waals surface area contributed by atoms with E-state index in [1.54, 1.807) is 7.05 Å². The van der Waals surface area contributed by atoms with E-state index < -0.39 is 8.07 Å². The number of aromatic nitrogens is 2. The number of hydrogen-bond acceptors (Lipinski definition) is 2. The molecule has 1 aromatic heterocycles. The monoisotopic (exact) mass is 262 g/mol. The first-order chi connectivity index (χ1) is 8.23. The molecule has 0 unspecified atom stereocenters. The molecule has 2 aromatic rings. The summed E-state index contributed by atoms with van der Waals surface area (Å²) in [6.07, 6.45) is 0. The highest BCUT2D eigenvalue weighted by atomic mass is 28.3. The van der Waals surface area contributed by atoms with Gasteiger partial charge >= 0.3 is 5.69 Å². The molecular weight excluding hydrogens is 244 g/mol. The molecule has 0 aliphatic carbocycles. The zero-order valence-electron chi connectivity index (χ0n) is 11.4. The molecule has 1 heterocycles. The van der Waals surface area contributed by atoms with E-state index >= 15 is 0 Å². The van der Waals surface area contributed by atoms with Gasteiger partial charge in [0, 0.05) is 14.1 Å². The lowest BCUT2D eigenvalue weighted by Crippen LogP contribution is -2.40. The third-order valence-electron chi connectivity index (χ3n) is 3.33. The summed E-state index contributed by atoms with van der Waals surface area (Å²) in [4.78, 5) is 24.0. The van der Waals surface area contributed by atoms with Gasteiger partial charge in [-0.3, -0.25) is 13.9 Å². The van der Waals surface area contributed by atoms with Crippen molar-refractivity contribution in [2.24, 2.45) is 14.1 Å². The van der Waals surface area contributed by atoms with Gasteiger partial charge in [0.2, 0.25) is 0 Å². The van der Waals surface area contributed by atoms with E-state index in [2.05, 4.69) is 19.6 Å². The Balaban J connectivity index is 2.96. The van der Waals surface area contributed by atoms with Crippen molar-refractivity contribution in [2.45, 2.75) is 19.6 Å². The van der Waals surface area contributed by atoms with Gasteiger partial charge in [0.25, 0.3) is 5.56 Å². The first-order valence-electron chi connectivity index (χ1n) is 5.94. The first kappa shape index (κ1) is 12.8. The van der Waals surface area contributed by atoms with Crippen molar-refractivity contribution < 1.29 is 0 Å². The molecule has 0 bridgehead atoms. The van der Waals surface area contributed by atoms with Crippen LogP contribution in [0.2, 0.25) is 19.6 Å². The molecule has 0 saturated carbocycles. The van der Waals surface area contributed by atoms with Crippen molar-refractivity contribution in [1.82, 2.24) is 9.13 Å². The minimum atomic E-state index is -1.46. The normalized spacial score (nSPS) is 12.1. The third-order valence-corrected chi connectivity index (χ3v) is 5.38. The Labute approximate surface area is 107 Å². The molecule has 0 aliphatic rings. The van der Waals surface area contributed by atoms with E-state index in [-0.39, 0.29) is 11.2 Å². The van der Waals surface area contributed by atoms with Gasteiger partial charge in [-0.05, 0) is 12.1 Å². The molecule has 1 aromatic carbocycles. The lowest BCUT2D eigenvalue weighted by molar-refractivity contribution is 0.714. The van der Waals surface area contributed by atoms with Gasteiger partial charge in [-0.2, -0.15) is 0 Å². The fourth-order valence-corrected chi connectivity index (χ4v) is 3.22. The van der Waals surface area contributed by atoms with Crippen LogP contribution in [0.1, 0.15) is 0 Å². The zero-order chi connectivity index (χ0) is 13.7. The summed E-state index contributed by atoms with van der Waals surface area (Å²) in [5, 5.41) is 1.85. The second kappa shape index (κ2) is 3.95. The van der Waals surface area contributed by atoms with Crippen LogP contribution < -0.4 is 16.4 Å². The molecule has 0 radical (unpaired) electrons. The number of benzene rings is 1. The minimum Gasteiger partial charge on any atom is -0.296 e. The molecule has 0 aliphatic heterocycles. The third kappa shape index (κ3) is 1.84. The first-order valence-corrected chi connectivity index (χ1v) is 9.44. The van der Waals surface area contributed by atoms with Gasteiger partial charge in [-0.15, -0.1) is 0 Å². The van der Waals surface area contributed by atoms with Crippen molar-refractivity contribution in [3.63, 3.8) is 0 Å². The van der Waals surface area contributed by atoms with Crippen molar-refractivity contribution in [1.29, 1.82) is 0 Å². The Kier molecular flexibility index (Phi) is 2.81. The quantitative estimate of drug-likeness (QED) is 0.713. The molecule has 0 spiro atoms. The van der Waals surface area contributed by atoms with Gasteiger partial charge in [-0.25, -0.2) is 4.79 Å². The lowest BCUT2D eigenvalue weighted by atomic mass is 10.2. The summed E-state index contributed by atoms with van der Waals surface area (Å²) in [6, 6.07) is 5.86. The van der Waals surface area contributed by atoms with E-state index in [1.807, 2.05) is 18.2 Å². The van der Waals surface area contributed by atoms with Crippen LogP contribution in [0, 0.1) is 0 Å². The molecule has 18 heavy (non-hydrogen) atoms. The fourth-order valence-electron chi connectivity index (χ4n) is 2.06. The van der Waals surface area contributed by atoms with E-state index in [4.69, 9.17) is 0 Å². The predicted molar refractivity (Wildman–Crippen MR) is 77.4 cm³/mol. The summed E-state index contributed by atoms with van der Waals surface area (Å²) in [5.74, 6) is 0. The van der Waals surface area contributed by atoms with Crippen LogP contribution in [0.25, 0.3) is 10.9 Å². The summed E-state index contributed by atoms with van der Waals surface area (Å²) in [5.41, 5.74) is 0.201. The van der Waals surface area contributed by atoms with Crippen LogP contribution in [0.3, 0.4) is 0 Å². The van der Waals surface area contributed by atoms with Gasteiger partial charge in [0.1, 0.15) is 0 Å². The summed E-state index contributed by atoms with van der Waals surface area (Å²) in [7, 11) is 1.75. The second-order valence-corrected chi connectivity index (χ2v) is 10.8. The van der Waals surface area contributed by atoms with Gasteiger partial charge in [-0.1, -0.05) is 30.9 Å². The summed E-state index contributed by atoms with van der Waals surface area (Å²) >= 11 is 0. The van der Waals surface area contributed by atoms with Crippen LogP contribution >= 0.6 is 0 Å². The highest BCUT2D eigenvalue weighted by Crippen LogP contribution is 2.09. The number of rotatable bonds is 1. The maximum absolute atomic E-state index is 12.1. The topological polar surface area (TPSA) is 44.0 Å². The molecule has 0 N–H and O–H groups in total. The highest BCUT2D eigenvalue weighted by molar-refractivity contribution is 6.88. The summed E-state index contributed by atoms with van der Waals surface area (Å²) in [6.45, 7) is 6.71. The van der Waals surface area contributed by atoms with Crippen LogP contribution in [-0.4, -0.2) is 17.2 Å². The number of fused-ring (bicyclic) bond motifs is 1. The molecule has 0 saturated heterocycles. The van der Waals surface area contributed by atoms with Crippen molar-refractivity contribution >= 4 is 24.2 Å². The Morgan fingerprint density at radius 2 is 1.61 bits per heavy atom. The molecule has 5 heteroatoms. The Hall–Kier alpha value is -1.62. The maximum atomic E-state index is 12.1. The Morgan fingerprint density at radius 3 is 2.17 bits per heavy atom. The SMILES string of the molecule is Cn1c(=O)c2cc([Si](C)(C)C)ccc2n(C)c1=O. The largest absolute Gasteiger partial charge is 0.330 e. The molecule has 96 valence electrons. The maximum Gasteiger partial charge on any atom is 0.330 e. The standard InChI is InChI=1S/C13H18N2O2Si/c1-14-11-7-6-9(18(3,4)5)8-10(11)12(16)15(2)13(14)17/h6-8H,1-5H3. The van der Waals surface area contributed by atoms with Crippen LogP contribution in [-0.2, 0) is 14.1 Å². The smallest absolute Gasteiger partial charge is 0.296 e. The van der Waals surface area contributed by atoms with Crippen molar-refractivity contribution in [3.05, 3.63) is 39.0 Å². The molecule has 0 atom stereocenters. The minimum absolute atomic E-state index is 0.215. The lowest BCUT2D eigenvalue weighted by Gasteiger charge is -2.17. The average Bonchev–Trinajstić information content (AvgIpc) is 2.32. The highest BCUT2D eigenvalue weighted by Gasteiger charge is 2.18. The van der Waals surface area contributed by atoms with Gasteiger partial charge in [0.15, 0.2) is 0 Å². The van der Waals surface area contributed by atoms with E-state index in [1.165, 1.54) is 16.8 Å². The van der Waals surface area contributed by atoms with Crippen LogP contribution in [0.15, 0.2) is 27.8 Å². The molecular formula is C13H18N2O2Si. The molecule has 4 nitrogen and oxygen atoms in total. The predicted octanol–water partition coefficient (Wildman–Crippen LogP) is 0.782. The number of nitrogens with zero attached hydrogens (tertiary/aromatic N) is 2. The van der Waals surface area contributed by atoms with Crippen molar-refractivity contribution in [3.8, 4) is 0 Å². The van der Waals surface area contributed by atoms with E-state index in [0.29, 0.717) is 10.9 Å².